The molecule has 5 nitrogen and oxygen atoms in total. The molecule has 5 heteroatoms. The fourth-order valence-corrected chi connectivity index (χ4v) is 2.91. The van der Waals surface area contributed by atoms with Crippen LogP contribution in [0.3, 0.4) is 0 Å². The van der Waals surface area contributed by atoms with E-state index in [1.54, 1.807) is 0 Å². The van der Waals surface area contributed by atoms with Crippen molar-refractivity contribution in [3.8, 4) is 0 Å². The summed E-state index contributed by atoms with van der Waals surface area (Å²) in [5, 5.41) is 13.2. The summed E-state index contributed by atoms with van der Waals surface area (Å²) in [5.41, 5.74) is 0.697. The van der Waals surface area contributed by atoms with Crippen molar-refractivity contribution in [3.05, 3.63) is 36.0 Å². The highest BCUT2D eigenvalue weighted by molar-refractivity contribution is 6.07. The highest BCUT2D eigenvalue weighted by Gasteiger charge is 2.35. The Labute approximate surface area is 136 Å². The number of nitrogens with zero attached hydrogens (tertiary/aromatic N) is 1. The highest BCUT2D eigenvalue weighted by atomic mass is 16.4. The molecule has 0 atom stereocenters. The number of amides is 1. The van der Waals surface area contributed by atoms with E-state index in [0.29, 0.717) is 18.4 Å². The average Bonchev–Trinajstić information content (AvgIpc) is 2.94. The molecule has 0 fully saturated rings. The minimum atomic E-state index is -0.904. The van der Waals surface area contributed by atoms with Crippen molar-refractivity contribution >= 4 is 22.8 Å². The number of benzene rings is 1. The lowest BCUT2D eigenvalue weighted by Gasteiger charge is -2.26. The normalized spacial score (nSPS) is 11.6. The van der Waals surface area contributed by atoms with Gasteiger partial charge in [-0.15, -0.1) is 0 Å². The molecule has 1 aromatic heterocycles. The van der Waals surface area contributed by atoms with Crippen molar-refractivity contribution in [2.75, 3.05) is 6.54 Å². The Kier molecular flexibility index (Phi) is 5.08. The summed E-state index contributed by atoms with van der Waals surface area (Å²) in [6.45, 7) is 6.62. The molecule has 1 heterocycles. The Morgan fingerprint density at radius 3 is 2.39 bits per heavy atom. The number of aromatic nitrogens is 1. The van der Waals surface area contributed by atoms with Gasteiger partial charge >= 0.3 is 5.97 Å². The van der Waals surface area contributed by atoms with Gasteiger partial charge in [-0.25, -0.2) is 0 Å². The summed E-state index contributed by atoms with van der Waals surface area (Å²) in [6.07, 6.45) is 2.80. The van der Waals surface area contributed by atoms with E-state index in [2.05, 4.69) is 5.32 Å². The second kappa shape index (κ2) is 6.86. The Balaban J connectivity index is 2.26. The number of carbonyl (C=O) groups excluding carboxylic acids is 1. The van der Waals surface area contributed by atoms with Crippen molar-refractivity contribution in [3.63, 3.8) is 0 Å². The molecule has 0 spiro atoms. The molecule has 1 aromatic carbocycles. The predicted molar refractivity (Wildman–Crippen MR) is 90.6 cm³/mol. The molecule has 0 aliphatic rings. The molecule has 0 aliphatic carbocycles. The van der Waals surface area contributed by atoms with E-state index in [1.807, 2.05) is 55.8 Å². The number of para-hydroxylation sites is 1. The van der Waals surface area contributed by atoms with Crippen LogP contribution in [0.25, 0.3) is 10.9 Å². The van der Waals surface area contributed by atoms with Crippen LogP contribution in [-0.4, -0.2) is 28.1 Å². The van der Waals surface area contributed by atoms with Crippen LogP contribution in [0, 0.1) is 5.41 Å². The van der Waals surface area contributed by atoms with Gasteiger partial charge in [0.1, 0.15) is 0 Å². The smallest absolute Gasteiger partial charge is 0.311 e. The first kappa shape index (κ1) is 17.1. The first-order valence-corrected chi connectivity index (χ1v) is 8.08. The van der Waals surface area contributed by atoms with Crippen molar-refractivity contribution in [2.24, 2.45) is 5.41 Å². The third kappa shape index (κ3) is 3.09. The monoisotopic (exact) mass is 316 g/mol. The second-order valence-corrected chi connectivity index (χ2v) is 5.82. The number of rotatable bonds is 7. The lowest BCUT2D eigenvalue weighted by atomic mass is 9.82. The van der Waals surface area contributed by atoms with Crippen LogP contribution in [0.15, 0.2) is 30.5 Å². The number of nitrogens with one attached hydrogen (secondary N) is 1. The van der Waals surface area contributed by atoms with Crippen molar-refractivity contribution in [2.45, 2.75) is 40.2 Å². The molecular weight excluding hydrogens is 292 g/mol. The third-order valence-corrected chi connectivity index (χ3v) is 4.77. The summed E-state index contributed by atoms with van der Waals surface area (Å²) in [5.74, 6) is -1.08. The quantitative estimate of drug-likeness (QED) is 0.823. The molecule has 2 N–H and O–H groups in total. The molecule has 0 radical (unpaired) electrons. The number of hydrogen-bond acceptors (Lipinski definition) is 2. The van der Waals surface area contributed by atoms with Gasteiger partial charge < -0.3 is 15.0 Å². The standard InChI is InChI=1S/C18H24N2O3/c1-4-18(5-2,17(22)23)12-19-16(21)14-11-20(6-3)15-10-8-7-9-13(14)15/h7-11H,4-6,12H2,1-3H3,(H,19,21)(H,22,23). The van der Waals surface area contributed by atoms with Crippen LogP contribution in [0.2, 0.25) is 0 Å². The van der Waals surface area contributed by atoms with E-state index >= 15 is 0 Å². The van der Waals surface area contributed by atoms with Crippen LogP contribution >= 0.6 is 0 Å². The number of carboxylic acid groups (broad SMARTS) is 1. The fraction of sp³-hybridized carbons (Fsp3) is 0.444. The van der Waals surface area contributed by atoms with E-state index in [1.165, 1.54) is 0 Å². The summed E-state index contributed by atoms with van der Waals surface area (Å²) < 4.78 is 2.02. The maximum absolute atomic E-state index is 12.6. The van der Waals surface area contributed by atoms with E-state index in [9.17, 15) is 14.7 Å². The van der Waals surface area contributed by atoms with Crippen molar-refractivity contribution in [1.29, 1.82) is 0 Å². The number of aryl methyl sites for hydroxylation is 1. The maximum Gasteiger partial charge on any atom is 0.311 e. The van der Waals surface area contributed by atoms with Crippen LogP contribution in [-0.2, 0) is 11.3 Å². The summed E-state index contributed by atoms with van der Waals surface area (Å²) in [6, 6.07) is 7.74. The molecule has 2 rings (SSSR count). The summed E-state index contributed by atoms with van der Waals surface area (Å²) >= 11 is 0. The number of carbonyl (C=O) groups is 2. The predicted octanol–water partition coefficient (Wildman–Crippen LogP) is 3.28. The second-order valence-electron chi connectivity index (χ2n) is 5.82. The van der Waals surface area contributed by atoms with E-state index < -0.39 is 11.4 Å². The Bertz CT molecular complexity index is 714. The van der Waals surface area contributed by atoms with Gasteiger partial charge in [0.05, 0.1) is 11.0 Å². The van der Waals surface area contributed by atoms with E-state index in [4.69, 9.17) is 0 Å². The Morgan fingerprint density at radius 1 is 1.17 bits per heavy atom. The van der Waals surface area contributed by atoms with Crippen LogP contribution < -0.4 is 5.32 Å². The Morgan fingerprint density at radius 2 is 1.83 bits per heavy atom. The van der Waals surface area contributed by atoms with Gasteiger partial charge in [0.15, 0.2) is 0 Å². The fourth-order valence-electron chi connectivity index (χ4n) is 2.91. The molecule has 0 saturated carbocycles. The molecule has 0 unspecified atom stereocenters. The van der Waals surface area contributed by atoms with E-state index in [0.717, 1.165) is 17.4 Å². The Hall–Kier alpha value is -2.30. The molecule has 1 amide bonds. The van der Waals surface area contributed by atoms with Crippen LogP contribution in [0.4, 0.5) is 0 Å². The molecule has 124 valence electrons. The third-order valence-electron chi connectivity index (χ3n) is 4.77. The molecule has 0 saturated heterocycles. The van der Waals surface area contributed by atoms with Gasteiger partial charge in [0.25, 0.3) is 5.91 Å². The lowest BCUT2D eigenvalue weighted by molar-refractivity contribution is -0.149. The topological polar surface area (TPSA) is 71.3 Å². The molecule has 23 heavy (non-hydrogen) atoms. The molecular formula is C18H24N2O3. The molecule has 0 bridgehead atoms. The zero-order valence-corrected chi connectivity index (χ0v) is 13.9. The number of carboxylic acids is 1. The van der Waals surface area contributed by atoms with Gasteiger partial charge in [-0.05, 0) is 25.8 Å². The average molecular weight is 316 g/mol. The van der Waals surface area contributed by atoms with E-state index in [-0.39, 0.29) is 12.5 Å². The zero-order valence-electron chi connectivity index (χ0n) is 13.9. The van der Waals surface area contributed by atoms with Gasteiger partial charge in [-0.1, -0.05) is 32.0 Å². The number of fused-ring (bicyclic) bond motifs is 1. The highest BCUT2D eigenvalue weighted by Crippen LogP contribution is 2.26. The first-order chi connectivity index (χ1) is 11.0. The van der Waals surface area contributed by atoms with Crippen LogP contribution in [0.5, 0.6) is 0 Å². The number of hydrogen-bond donors (Lipinski definition) is 2. The van der Waals surface area contributed by atoms with Crippen LogP contribution in [0.1, 0.15) is 44.0 Å². The minimum Gasteiger partial charge on any atom is -0.481 e. The van der Waals surface area contributed by atoms with Crippen molar-refractivity contribution in [1.82, 2.24) is 9.88 Å². The van der Waals surface area contributed by atoms with Gasteiger partial charge in [0.2, 0.25) is 0 Å². The van der Waals surface area contributed by atoms with Gasteiger partial charge in [0, 0.05) is 30.2 Å². The summed E-state index contributed by atoms with van der Waals surface area (Å²) in [7, 11) is 0. The minimum absolute atomic E-state index is 0.139. The number of aliphatic carboxylic acids is 1. The van der Waals surface area contributed by atoms with Gasteiger partial charge in [-0.2, -0.15) is 0 Å². The molecule has 0 aliphatic heterocycles. The molecule has 2 aromatic rings. The summed E-state index contributed by atoms with van der Waals surface area (Å²) in [4.78, 5) is 24.1. The first-order valence-electron chi connectivity index (χ1n) is 8.08. The largest absolute Gasteiger partial charge is 0.481 e. The van der Waals surface area contributed by atoms with Gasteiger partial charge in [-0.3, -0.25) is 9.59 Å². The SMILES string of the molecule is CCn1cc(C(=O)NCC(CC)(CC)C(=O)O)c2ccccc21. The lowest BCUT2D eigenvalue weighted by Crippen LogP contribution is -2.42. The zero-order chi connectivity index (χ0) is 17.0. The van der Waals surface area contributed by atoms with Crippen molar-refractivity contribution < 1.29 is 14.7 Å². The maximum atomic E-state index is 12.6.